The fraction of sp³-hybridized carbons (Fsp3) is 0.0556. The van der Waals surface area contributed by atoms with Crippen LogP contribution < -0.4 is 10.5 Å². The van der Waals surface area contributed by atoms with E-state index in [4.69, 9.17) is 21.8 Å². The van der Waals surface area contributed by atoms with E-state index < -0.39 is 28.4 Å². The fourth-order valence-electron chi connectivity index (χ4n) is 2.54. The van der Waals surface area contributed by atoms with Gasteiger partial charge in [-0.2, -0.15) is 5.10 Å². The summed E-state index contributed by atoms with van der Waals surface area (Å²) < 4.78 is 24.4. The monoisotopic (exact) mass is 434 g/mol. The molecule has 0 unspecified atom stereocenters. The topological polar surface area (TPSA) is 144 Å². The van der Waals surface area contributed by atoms with Crippen LogP contribution in [0.4, 0.5) is 0 Å². The van der Waals surface area contributed by atoms with E-state index >= 15 is 0 Å². The number of aromatic nitrogens is 2. The molecule has 0 aliphatic carbocycles. The maximum Gasteiger partial charge on any atom is 0.322 e. The lowest BCUT2D eigenvalue weighted by molar-refractivity contribution is -0.135. The van der Waals surface area contributed by atoms with Crippen molar-refractivity contribution in [2.75, 3.05) is 6.54 Å². The molecule has 0 saturated heterocycles. The lowest BCUT2D eigenvalue weighted by Crippen LogP contribution is -2.29. The minimum absolute atomic E-state index is 0.00766. The molecule has 0 saturated carbocycles. The first-order chi connectivity index (χ1) is 13.6. The summed E-state index contributed by atoms with van der Waals surface area (Å²) in [5.41, 5.74) is 1.67. The summed E-state index contributed by atoms with van der Waals surface area (Å²) in [7, 11) is -3.86. The molecule has 29 heavy (non-hydrogen) atoms. The number of sulfonamides is 1. The third-order valence-corrected chi connectivity index (χ3v) is 5.07. The number of carboxylic acids is 1. The molecule has 1 heterocycles. The Morgan fingerprint density at radius 1 is 1.10 bits per heavy atom. The zero-order valence-corrected chi connectivity index (χ0v) is 16.3. The SMILES string of the molecule is NS(=O)(=O)c1ccc(-n2nc(C(=O)NCC(=O)O)cc2-c2ccc(Cl)cc2)cc1. The Labute approximate surface area is 170 Å². The number of carbonyl (C=O) groups excluding carboxylic acids is 1. The van der Waals surface area contributed by atoms with Crippen molar-refractivity contribution in [1.82, 2.24) is 15.1 Å². The number of amides is 1. The van der Waals surface area contributed by atoms with Crippen molar-refractivity contribution in [2.24, 2.45) is 5.14 Å². The molecule has 1 aromatic heterocycles. The number of aliphatic carboxylic acids is 1. The molecule has 150 valence electrons. The molecule has 0 aliphatic rings. The van der Waals surface area contributed by atoms with Crippen LogP contribution in [0, 0.1) is 0 Å². The number of primary sulfonamides is 1. The second-order valence-electron chi connectivity index (χ2n) is 5.95. The first kappa shape index (κ1) is 20.5. The summed E-state index contributed by atoms with van der Waals surface area (Å²) in [6.45, 7) is -0.551. The molecule has 3 rings (SSSR count). The number of carbonyl (C=O) groups is 2. The Kier molecular flexibility index (Phi) is 5.69. The Hall–Kier alpha value is -3.21. The molecule has 0 fully saturated rings. The quantitative estimate of drug-likeness (QED) is 0.538. The highest BCUT2D eigenvalue weighted by atomic mass is 35.5. The Morgan fingerprint density at radius 2 is 1.72 bits per heavy atom. The maximum absolute atomic E-state index is 12.2. The Bertz CT molecular complexity index is 1170. The van der Waals surface area contributed by atoms with Gasteiger partial charge in [0.1, 0.15) is 6.54 Å². The van der Waals surface area contributed by atoms with E-state index in [9.17, 15) is 18.0 Å². The average Bonchev–Trinajstić information content (AvgIpc) is 3.11. The van der Waals surface area contributed by atoms with E-state index in [0.29, 0.717) is 22.0 Å². The summed E-state index contributed by atoms with van der Waals surface area (Å²) in [5.74, 6) is -1.85. The second kappa shape index (κ2) is 8.03. The van der Waals surface area contributed by atoms with E-state index in [0.717, 1.165) is 0 Å². The molecule has 0 radical (unpaired) electrons. The minimum atomic E-state index is -3.86. The number of hydrogen-bond acceptors (Lipinski definition) is 5. The standard InChI is InChI=1S/C18H15ClN4O5S/c19-12-3-1-11(2-4-12)16-9-15(18(26)21-10-17(24)25)22-23(16)13-5-7-14(8-6-13)29(20,27)28/h1-9H,10H2,(H,21,26)(H,24,25)(H2,20,27,28). The first-order valence-electron chi connectivity index (χ1n) is 8.14. The number of nitrogens with two attached hydrogens (primary N) is 1. The predicted octanol–water partition coefficient (Wildman–Crippen LogP) is 1.65. The van der Waals surface area contributed by atoms with E-state index in [1.807, 2.05) is 0 Å². The van der Waals surface area contributed by atoms with Gasteiger partial charge >= 0.3 is 5.97 Å². The normalized spacial score (nSPS) is 11.2. The summed E-state index contributed by atoms with van der Waals surface area (Å²) in [6, 6.07) is 13.9. The third-order valence-electron chi connectivity index (χ3n) is 3.89. The molecule has 0 bridgehead atoms. The van der Waals surface area contributed by atoms with Gasteiger partial charge in [-0.25, -0.2) is 18.2 Å². The fourth-order valence-corrected chi connectivity index (χ4v) is 3.18. The van der Waals surface area contributed by atoms with Crippen molar-refractivity contribution < 1.29 is 23.1 Å². The van der Waals surface area contributed by atoms with Crippen molar-refractivity contribution in [1.29, 1.82) is 0 Å². The van der Waals surface area contributed by atoms with Crippen LogP contribution in [-0.2, 0) is 14.8 Å². The Morgan fingerprint density at radius 3 is 2.28 bits per heavy atom. The molecule has 0 aliphatic heterocycles. The third kappa shape index (κ3) is 4.80. The van der Waals surface area contributed by atoms with E-state index in [1.54, 1.807) is 24.3 Å². The summed E-state index contributed by atoms with van der Waals surface area (Å²) in [4.78, 5) is 22.9. The van der Waals surface area contributed by atoms with Gasteiger partial charge in [-0.3, -0.25) is 9.59 Å². The van der Waals surface area contributed by atoms with E-state index in [1.165, 1.54) is 35.0 Å². The van der Waals surface area contributed by atoms with Crippen LogP contribution in [0.15, 0.2) is 59.5 Å². The zero-order valence-electron chi connectivity index (χ0n) is 14.7. The highest BCUT2D eigenvalue weighted by Crippen LogP contribution is 2.26. The maximum atomic E-state index is 12.2. The number of hydrogen-bond donors (Lipinski definition) is 3. The summed E-state index contributed by atoms with van der Waals surface area (Å²) in [6.07, 6.45) is 0. The highest BCUT2D eigenvalue weighted by molar-refractivity contribution is 7.89. The molecule has 3 aromatic rings. The van der Waals surface area contributed by atoms with E-state index in [-0.39, 0.29) is 10.6 Å². The van der Waals surface area contributed by atoms with Crippen molar-refractivity contribution in [3.05, 3.63) is 65.3 Å². The molecule has 4 N–H and O–H groups in total. The van der Waals surface area contributed by atoms with Crippen LogP contribution in [0.3, 0.4) is 0 Å². The largest absolute Gasteiger partial charge is 0.480 e. The molecule has 1 amide bonds. The minimum Gasteiger partial charge on any atom is -0.480 e. The number of halogens is 1. The number of carboxylic acid groups (broad SMARTS) is 1. The van der Waals surface area contributed by atoms with Crippen LogP contribution in [0.1, 0.15) is 10.5 Å². The first-order valence-corrected chi connectivity index (χ1v) is 10.1. The molecule has 0 spiro atoms. The summed E-state index contributed by atoms with van der Waals surface area (Å²) >= 11 is 5.93. The highest BCUT2D eigenvalue weighted by Gasteiger charge is 2.18. The van der Waals surface area contributed by atoms with Gasteiger partial charge in [0.25, 0.3) is 5.91 Å². The van der Waals surface area contributed by atoms with Crippen LogP contribution in [0.5, 0.6) is 0 Å². The van der Waals surface area contributed by atoms with Gasteiger partial charge in [-0.05, 0) is 42.5 Å². The number of nitrogens with zero attached hydrogens (tertiary/aromatic N) is 2. The lowest BCUT2D eigenvalue weighted by Gasteiger charge is -2.08. The molecule has 9 nitrogen and oxygen atoms in total. The number of benzene rings is 2. The van der Waals surface area contributed by atoms with Crippen LogP contribution in [0.25, 0.3) is 16.9 Å². The lowest BCUT2D eigenvalue weighted by atomic mass is 10.1. The Balaban J connectivity index is 2.07. The predicted molar refractivity (Wildman–Crippen MR) is 105 cm³/mol. The van der Waals surface area contributed by atoms with Crippen molar-refractivity contribution in [3.63, 3.8) is 0 Å². The zero-order chi connectivity index (χ0) is 21.2. The van der Waals surface area contributed by atoms with Gasteiger partial charge in [0.05, 0.1) is 16.3 Å². The molecule has 2 aromatic carbocycles. The van der Waals surface area contributed by atoms with Crippen LogP contribution in [0.2, 0.25) is 5.02 Å². The van der Waals surface area contributed by atoms with Crippen LogP contribution in [-0.4, -0.2) is 41.7 Å². The molecule has 11 heteroatoms. The summed E-state index contributed by atoms with van der Waals surface area (Å²) in [5, 5.41) is 20.9. The molecular formula is C18H15ClN4O5S. The van der Waals surface area contributed by atoms with Gasteiger partial charge in [0.2, 0.25) is 10.0 Å². The van der Waals surface area contributed by atoms with Crippen molar-refractivity contribution in [3.8, 4) is 16.9 Å². The van der Waals surface area contributed by atoms with E-state index in [2.05, 4.69) is 10.4 Å². The van der Waals surface area contributed by atoms with Gasteiger partial charge in [-0.15, -0.1) is 0 Å². The van der Waals surface area contributed by atoms with Crippen molar-refractivity contribution in [2.45, 2.75) is 4.90 Å². The number of nitrogens with one attached hydrogen (secondary N) is 1. The average molecular weight is 435 g/mol. The number of rotatable bonds is 6. The van der Waals surface area contributed by atoms with Crippen molar-refractivity contribution >= 4 is 33.5 Å². The van der Waals surface area contributed by atoms with Gasteiger partial charge in [-0.1, -0.05) is 23.7 Å². The van der Waals surface area contributed by atoms with Gasteiger partial charge < -0.3 is 10.4 Å². The van der Waals surface area contributed by atoms with Crippen LogP contribution >= 0.6 is 11.6 Å². The van der Waals surface area contributed by atoms with Gasteiger partial charge in [0.15, 0.2) is 5.69 Å². The molecular weight excluding hydrogens is 420 g/mol. The van der Waals surface area contributed by atoms with Gasteiger partial charge in [0, 0.05) is 10.6 Å². The molecule has 0 atom stereocenters. The smallest absolute Gasteiger partial charge is 0.322 e. The second-order valence-corrected chi connectivity index (χ2v) is 7.95.